The van der Waals surface area contributed by atoms with E-state index < -0.39 is 29.6 Å². The van der Waals surface area contributed by atoms with Crippen molar-refractivity contribution in [2.75, 3.05) is 19.8 Å². The number of morpholine rings is 1. The summed E-state index contributed by atoms with van der Waals surface area (Å²) >= 11 is 0. The van der Waals surface area contributed by atoms with E-state index in [4.69, 9.17) is 9.84 Å². The number of rotatable bonds is 4. The summed E-state index contributed by atoms with van der Waals surface area (Å²) in [4.78, 5) is 24.3. The molecule has 1 aromatic carbocycles. The lowest BCUT2D eigenvalue weighted by Crippen LogP contribution is -2.52. The molecule has 21 heavy (non-hydrogen) atoms. The van der Waals surface area contributed by atoms with Gasteiger partial charge < -0.3 is 14.7 Å². The Bertz CT molecular complexity index is 550. The molecule has 2 rings (SSSR count). The van der Waals surface area contributed by atoms with Crippen molar-refractivity contribution in [2.45, 2.75) is 18.9 Å². The minimum atomic E-state index is -1.14. The topological polar surface area (TPSA) is 66.8 Å². The summed E-state index contributed by atoms with van der Waals surface area (Å²) in [5, 5.41) is 9.04. The van der Waals surface area contributed by atoms with Crippen molar-refractivity contribution in [3.8, 4) is 0 Å². The van der Waals surface area contributed by atoms with E-state index in [2.05, 4.69) is 0 Å². The van der Waals surface area contributed by atoms with Crippen molar-refractivity contribution in [1.82, 2.24) is 4.90 Å². The van der Waals surface area contributed by atoms with Crippen LogP contribution in [-0.2, 0) is 20.7 Å². The minimum absolute atomic E-state index is 0.0200. The average molecular weight is 299 g/mol. The van der Waals surface area contributed by atoms with Gasteiger partial charge in [-0.3, -0.25) is 4.79 Å². The van der Waals surface area contributed by atoms with Crippen LogP contribution in [0.4, 0.5) is 8.78 Å². The average Bonchev–Trinajstić information content (AvgIpc) is 2.48. The molecule has 1 N–H and O–H groups in total. The van der Waals surface area contributed by atoms with Crippen LogP contribution in [0.25, 0.3) is 0 Å². The molecule has 1 aromatic rings. The number of halogens is 2. The van der Waals surface area contributed by atoms with Crippen molar-refractivity contribution >= 4 is 11.9 Å². The van der Waals surface area contributed by atoms with Gasteiger partial charge in [-0.25, -0.2) is 13.6 Å². The number of carboxylic acid groups (broad SMARTS) is 1. The van der Waals surface area contributed by atoms with E-state index in [0.717, 1.165) is 6.07 Å². The van der Waals surface area contributed by atoms with Gasteiger partial charge >= 0.3 is 5.97 Å². The molecular weight excluding hydrogens is 284 g/mol. The van der Waals surface area contributed by atoms with Crippen LogP contribution < -0.4 is 0 Å². The Balaban J connectivity index is 2.00. The normalized spacial score (nSPS) is 18.6. The Kier molecular flexibility index (Phi) is 4.85. The third-order valence-corrected chi connectivity index (χ3v) is 3.37. The molecule has 1 atom stereocenters. The van der Waals surface area contributed by atoms with E-state index in [1.54, 1.807) is 0 Å². The van der Waals surface area contributed by atoms with Crippen LogP contribution >= 0.6 is 0 Å². The number of carbonyl (C=O) groups excluding carboxylic acids is 1. The Morgan fingerprint density at radius 1 is 1.38 bits per heavy atom. The number of hydrogen-bond acceptors (Lipinski definition) is 3. The van der Waals surface area contributed by atoms with Crippen LogP contribution in [0.1, 0.15) is 12.0 Å². The first kappa shape index (κ1) is 15.4. The molecule has 7 heteroatoms. The van der Waals surface area contributed by atoms with E-state index in [0.29, 0.717) is 0 Å². The number of aliphatic carboxylic acids is 1. The van der Waals surface area contributed by atoms with Crippen molar-refractivity contribution < 1.29 is 28.2 Å². The zero-order valence-corrected chi connectivity index (χ0v) is 11.2. The molecule has 1 fully saturated rings. The van der Waals surface area contributed by atoms with E-state index in [1.165, 1.54) is 17.0 Å². The first-order valence-electron chi connectivity index (χ1n) is 6.53. The summed E-state index contributed by atoms with van der Waals surface area (Å²) in [7, 11) is 0. The van der Waals surface area contributed by atoms with Gasteiger partial charge in [0.2, 0.25) is 5.91 Å². The summed E-state index contributed by atoms with van der Waals surface area (Å²) in [6.45, 7) is 0.390. The van der Waals surface area contributed by atoms with Gasteiger partial charge in [-0.15, -0.1) is 0 Å². The van der Waals surface area contributed by atoms with Crippen LogP contribution in [0.15, 0.2) is 18.2 Å². The standard InChI is InChI=1S/C14H15F2NO4/c15-10-3-1-2-9(13(10)16)4-5-12(18)17-6-7-21-8-11(17)14(19)20/h1-3,11H,4-8H2,(H,19,20). The summed E-state index contributed by atoms with van der Waals surface area (Å²) in [6, 6.07) is 2.75. The molecule has 0 aromatic heterocycles. The number of ether oxygens (including phenoxy) is 1. The molecule has 114 valence electrons. The van der Waals surface area contributed by atoms with E-state index >= 15 is 0 Å². The van der Waals surface area contributed by atoms with Gasteiger partial charge in [0, 0.05) is 13.0 Å². The largest absolute Gasteiger partial charge is 0.480 e. The molecule has 1 unspecified atom stereocenters. The zero-order valence-electron chi connectivity index (χ0n) is 11.2. The summed E-state index contributed by atoms with van der Waals surface area (Å²) in [6.07, 6.45) is -0.0592. The van der Waals surface area contributed by atoms with Crippen molar-refractivity contribution in [3.63, 3.8) is 0 Å². The molecule has 1 aliphatic heterocycles. The fourth-order valence-electron chi connectivity index (χ4n) is 2.23. The van der Waals surface area contributed by atoms with Gasteiger partial charge in [0.1, 0.15) is 0 Å². The predicted octanol–water partition coefficient (Wildman–Crippen LogP) is 1.21. The highest BCUT2D eigenvalue weighted by atomic mass is 19.2. The Morgan fingerprint density at radius 3 is 2.86 bits per heavy atom. The fourth-order valence-corrected chi connectivity index (χ4v) is 2.23. The molecular formula is C14H15F2NO4. The van der Waals surface area contributed by atoms with Gasteiger partial charge in [0.15, 0.2) is 17.7 Å². The number of nitrogens with zero attached hydrogens (tertiary/aromatic N) is 1. The van der Waals surface area contributed by atoms with Crippen LogP contribution in [-0.4, -0.2) is 47.7 Å². The number of carbonyl (C=O) groups is 2. The second kappa shape index (κ2) is 6.62. The van der Waals surface area contributed by atoms with Gasteiger partial charge in [-0.1, -0.05) is 12.1 Å². The number of hydrogen-bond donors (Lipinski definition) is 1. The molecule has 1 heterocycles. The first-order valence-corrected chi connectivity index (χ1v) is 6.53. The number of aryl methyl sites for hydroxylation is 1. The molecule has 1 aliphatic rings. The monoisotopic (exact) mass is 299 g/mol. The molecule has 0 aliphatic carbocycles. The lowest BCUT2D eigenvalue weighted by atomic mass is 10.1. The smallest absolute Gasteiger partial charge is 0.328 e. The van der Waals surface area contributed by atoms with E-state index in [9.17, 15) is 18.4 Å². The van der Waals surface area contributed by atoms with Crippen LogP contribution in [0.3, 0.4) is 0 Å². The van der Waals surface area contributed by atoms with Crippen LogP contribution in [0.5, 0.6) is 0 Å². The Hall–Kier alpha value is -2.02. The molecule has 1 saturated heterocycles. The molecule has 0 spiro atoms. The van der Waals surface area contributed by atoms with Crippen molar-refractivity contribution in [1.29, 1.82) is 0 Å². The third kappa shape index (κ3) is 3.55. The Labute approximate surface area is 120 Å². The van der Waals surface area contributed by atoms with Crippen molar-refractivity contribution in [3.05, 3.63) is 35.4 Å². The van der Waals surface area contributed by atoms with E-state index in [1.807, 2.05) is 0 Å². The maximum absolute atomic E-state index is 13.5. The highest BCUT2D eigenvalue weighted by Gasteiger charge is 2.32. The van der Waals surface area contributed by atoms with Gasteiger partial charge in [-0.05, 0) is 18.1 Å². The zero-order chi connectivity index (χ0) is 15.4. The third-order valence-electron chi connectivity index (χ3n) is 3.37. The minimum Gasteiger partial charge on any atom is -0.480 e. The maximum atomic E-state index is 13.5. The van der Waals surface area contributed by atoms with Crippen molar-refractivity contribution in [2.24, 2.45) is 0 Å². The van der Waals surface area contributed by atoms with Gasteiger partial charge in [0.05, 0.1) is 13.2 Å². The lowest BCUT2D eigenvalue weighted by molar-refractivity contribution is -0.158. The first-order chi connectivity index (χ1) is 10.0. The lowest BCUT2D eigenvalue weighted by Gasteiger charge is -2.32. The molecule has 5 nitrogen and oxygen atoms in total. The van der Waals surface area contributed by atoms with Crippen LogP contribution in [0.2, 0.25) is 0 Å². The SMILES string of the molecule is O=C(O)C1COCCN1C(=O)CCc1cccc(F)c1F. The summed E-state index contributed by atoms with van der Waals surface area (Å²) < 4.78 is 31.6. The summed E-state index contributed by atoms with van der Waals surface area (Å²) in [5.41, 5.74) is 0.100. The molecule has 1 amide bonds. The highest BCUT2D eigenvalue weighted by Crippen LogP contribution is 2.15. The maximum Gasteiger partial charge on any atom is 0.328 e. The second-order valence-corrected chi connectivity index (χ2v) is 4.73. The van der Waals surface area contributed by atoms with Crippen LogP contribution in [0, 0.1) is 11.6 Å². The quantitative estimate of drug-likeness (QED) is 0.907. The molecule has 0 radical (unpaired) electrons. The van der Waals surface area contributed by atoms with Gasteiger partial charge in [0.25, 0.3) is 0 Å². The van der Waals surface area contributed by atoms with E-state index in [-0.39, 0.29) is 38.2 Å². The number of amides is 1. The highest BCUT2D eigenvalue weighted by molar-refractivity contribution is 5.84. The second-order valence-electron chi connectivity index (χ2n) is 4.73. The summed E-state index contributed by atoms with van der Waals surface area (Å²) in [5.74, 6) is -3.48. The fraction of sp³-hybridized carbons (Fsp3) is 0.429. The number of benzene rings is 1. The van der Waals surface area contributed by atoms with Gasteiger partial charge in [-0.2, -0.15) is 0 Å². The Morgan fingerprint density at radius 2 is 2.14 bits per heavy atom. The molecule has 0 saturated carbocycles. The number of carboxylic acids is 1. The molecule has 0 bridgehead atoms. The predicted molar refractivity (Wildman–Crippen MR) is 68.6 cm³/mol.